The van der Waals surface area contributed by atoms with Crippen molar-refractivity contribution in [2.24, 2.45) is 0 Å². The van der Waals surface area contributed by atoms with Crippen molar-refractivity contribution in [2.45, 2.75) is 6.43 Å². The van der Waals surface area contributed by atoms with E-state index in [0.29, 0.717) is 16.8 Å². The second-order valence-electron chi connectivity index (χ2n) is 4.30. The molecule has 0 saturated carbocycles. The Hall–Kier alpha value is -2.49. The van der Waals surface area contributed by atoms with E-state index in [9.17, 15) is 8.78 Å². The molecular formula is C16H11F2NO. The first-order valence-corrected chi connectivity index (χ1v) is 6.16. The molecule has 0 aliphatic heterocycles. The fourth-order valence-corrected chi connectivity index (χ4v) is 2.13. The SMILES string of the molecule is FC(F)c1onc(-c2ccccc2)c1-c1ccccc1. The summed E-state index contributed by atoms with van der Waals surface area (Å²) in [6.45, 7) is 0. The van der Waals surface area contributed by atoms with Crippen LogP contribution in [0.15, 0.2) is 65.2 Å². The Labute approximate surface area is 114 Å². The summed E-state index contributed by atoms with van der Waals surface area (Å²) in [5, 5.41) is 3.83. The average molecular weight is 271 g/mol. The topological polar surface area (TPSA) is 26.0 Å². The predicted octanol–water partition coefficient (Wildman–Crippen LogP) is 4.95. The number of benzene rings is 2. The molecule has 2 nitrogen and oxygen atoms in total. The van der Waals surface area contributed by atoms with E-state index in [-0.39, 0.29) is 0 Å². The predicted molar refractivity (Wildman–Crippen MR) is 72.3 cm³/mol. The number of rotatable bonds is 3. The van der Waals surface area contributed by atoms with E-state index in [2.05, 4.69) is 5.16 Å². The summed E-state index contributed by atoms with van der Waals surface area (Å²) < 4.78 is 31.1. The lowest BCUT2D eigenvalue weighted by atomic mass is 9.99. The third kappa shape index (κ3) is 2.20. The molecule has 0 N–H and O–H groups in total. The van der Waals surface area contributed by atoms with Gasteiger partial charge in [-0.15, -0.1) is 0 Å². The van der Waals surface area contributed by atoms with E-state index in [1.54, 1.807) is 24.3 Å². The largest absolute Gasteiger partial charge is 0.354 e. The van der Waals surface area contributed by atoms with Crippen molar-refractivity contribution in [3.05, 3.63) is 66.4 Å². The first-order chi connectivity index (χ1) is 9.77. The van der Waals surface area contributed by atoms with E-state index < -0.39 is 12.2 Å². The van der Waals surface area contributed by atoms with Gasteiger partial charge in [0.25, 0.3) is 6.43 Å². The number of halogens is 2. The highest BCUT2D eigenvalue weighted by Crippen LogP contribution is 2.38. The smallest absolute Gasteiger partial charge is 0.298 e. The maximum absolute atomic E-state index is 13.1. The molecule has 0 atom stereocenters. The zero-order valence-electron chi connectivity index (χ0n) is 10.5. The van der Waals surface area contributed by atoms with Crippen molar-refractivity contribution in [3.63, 3.8) is 0 Å². The maximum atomic E-state index is 13.1. The molecule has 1 aromatic heterocycles. The first kappa shape index (κ1) is 12.5. The Morgan fingerprint density at radius 3 is 1.90 bits per heavy atom. The molecule has 3 rings (SSSR count). The second-order valence-corrected chi connectivity index (χ2v) is 4.30. The summed E-state index contributed by atoms with van der Waals surface area (Å²) in [6.07, 6.45) is -2.70. The van der Waals surface area contributed by atoms with E-state index >= 15 is 0 Å². The van der Waals surface area contributed by atoms with E-state index in [1.807, 2.05) is 36.4 Å². The van der Waals surface area contributed by atoms with Gasteiger partial charge in [0.05, 0.1) is 5.56 Å². The zero-order valence-corrected chi connectivity index (χ0v) is 10.5. The van der Waals surface area contributed by atoms with Crippen LogP contribution in [-0.4, -0.2) is 5.16 Å². The minimum absolute atomic E-state index is 0.354. The highest BCUT2D eigenvalue weighted by molar-refractivity contribution is 5.82. The molecule has 2 aromatic carbocycles. The van der Waals surface area contributed by atoms with Gasteiger partial charge in [0.15, 0.2) is 0 Å². The monoisotopic (exact) mass is 271 g/mol. The van der Waals surface area contributed by atoms with Crippen LogP contribution in [-0.2, 0) is 0 Å². The summed E-state index contributed by atoms with van der Waals surface area (Å²) >= 11 is 0. The lowest BCUT2D eigenvalue weighted by molar-refractivity contribution is 0.113. The normalized spacial score (nSPS) is 10.9. The highest BCUT2D eigenvalue weighted by atomic mass is 19.3. The van der Waals surface area contributed by atoms with Gasteiger partial charge < -0.3 is 4.52 Å². The van der Waals surface area contributed by atoms with Crippen molar-refractivity contribution in [1.29, 1.82) is 0 Å². The minimum atomic E-state index is -2.70. The van der Waals surface area contributed by atoms with Crippen LogP contribution in [0.1, 0.15) is 12.2 Å². The van der Waals surface area contributed by atoms with Gasteiger partial charge in [-0.25, -0.2) is 8.78 Å². The van der Waals surface area contributed by atoms with Crippen molar-refractivity contribution in [2.75, 3.05) is 0 Å². The van der Waals surface area contributed by atoms with Crippen molar-refractivity contribution < 1.29 is 13.3 Å². The van der Waals surface area contributed by atoms with E-state index in [4.69, 9.17) is 4.52 Å². The lowest BCUT2D eigenvalue weighted by Crippen LogP contribution is -1.87. The van der Waals surface area contributed by atoms with Gasteiger partial charge in [-0.3, -0.25) is 0 Å². The number of hydrogen-bond donors (Lipinski definition) is 0. The molecule has 0 spiro atoms. The van der Waals surface area contributed by atoms with Crippen LogP contribution in [0.2, 0.25) is 0 Å². The molecule has 0 fully saturated rings. The summed E-state index contributed by atoms with van der Waals surface area (Å²) in [5.41, 5.74) is 2.21. The molecule has 0 radical (unpaired) electrons. The number of hydrogen-bond acceptors (Lipinski definition) is 2. The fraction of sp³-hybridized carbons (Fsp3) is 0.0625. The lowest BCUT2D eigenvalue weighted by Gasteiger charge is -2.04. The zero-order chi connectivity index (χ0) is 13.9. The fourth-order valence-electron chi connectivity index (χ4n) is 2.13. The molecule has 0 unspecified atom stereocenters. The first-order valence-electron chi connectivity index (χ1n) is 6.16. The van der Waals surface area contributed by atoms with Crippen LogP contribution >= 0.6 is 0 Å². The summed E-state index contributed by atoms with van der Waals surface area (Å²) in [4.78, 5) is 0. The van der Waals surface area contributed by atoms with E-state index in [1.165, 1.54) is 0 Å². The molecule has 4 heteroatoms. The van der Waals surface area contributed by atoms with Gasteiger partial charge in [-0.2, -0.15) is 0 Å². The van der Waals surface area contributed by atoms with E-state index in [0.717, 1.165) is 5.56 Å². The van der Waals surface area contributed by atoms with Crippen LogP contribution < -0.4 is 0 Å². The molecule has 0 amide bonds. The number of alkyl halides is 2. The van der Waals surface area contributed by atoms with Crippen molar-refractivity contribution in [3.8, 4) is 22.4 Å². The highest BCUT2D eigenvalue weighted by Gasteiger charge is 2.25. The molecule has 0 bridgehead atoms. The molecule has 0 aliphatic carbocycles. The van der Waals surface area contributed by atoms with Crippen LogP contribution in [0, 0.1) is 0 Å². The third-order valence-electron chi connectivity index (χ3n) is 3.03. The third-order valence-corrected chi connectivity index (χ3v) is 3.03. The van der Waals surface area contributed by atoms with Crippen LogP contribution in [0.25, 0.3) is 22.4 Å². The molecule has 100 valence electrons. The summed E-state index contributed by atoms with van der Waals surface area (Å²) in [5.74, 6) is -0.393. The van der Waals surface area contributed by atoms with Gasteiger partial charge in [-0.05, 0) is 5.56 Å². The molecule has 1 heterocycles. The Morgan fingerprint density at radius 1 is 0.800 bits per heavy atom. The minimum Gasteiger partial charge on any atom is -0.354 e. The van der Waals surface area contributed by atoms with Gasteiger partial charge >= 0.3 is 0 Å². The molecular weight excluding hydrogens is 260 g/mol. The number of nitrogens with zero attached hydrogens (tertiary/aromatic N) is 1. The second kappa shape index (κ2) is 5.25. The number of aromatic nitrogens is 1. The van der Waals surface area contributed by atoms with Crippen LogP contribution in [0.5, 0.6) is 0 Å². The Kier molecular flexibility index (Phi) is 3.29. The van der Waals surface area contributed by atoms with Gasteiger partial charge in [0.2, 0.25) is 5.76 Å². The Balaban J connectivity index is 2.22. The Bertz CT molecular complexity index is 693. The van der Waals surface area contributed by atoms with Crippen LogP contribution in [0.4, 0.5) is 8.78 Å². The molecule has 0 aliphatic rings. The summed E-state index contributed by atoms with van der Waals surface area (Å²) in [7, 11) is 0. The van der Waals surface area contributed by atoms with Crippen molar-refractivity contribution in [1.82, 2.24) is 5.16 Å². The quantitative estimate of drug-likeness (QED) is 0.674. The standard InChI is InChI=1S/C16H11F2NO/c17-16(18)15-13(11-7-3-1-4-8-11)14(19-20-15)12-9-5-2-6-10-12/h1-10,16H. The Morgan fingerprint density at radius 2 is 1.35 bits per heavy atom. The summed E-state index contributed by atoms with van der Waals surface area (Å²) in [6, 6.07) is 18.1. The molecule has 3 aromatic rings. The van der Waals surface area contributed by atoms with Gasteiger partial charge in [0.1, 0.15) is 5.69 Å². The maximum Gasteiger partial charge on any atom is 0.298 e. The van der Waals surface area contributed by atoms with Crippen LogP contribution in [0.3, 0.4) is 0 Å². The molecule has 20 heavy (non-hydrogen) atoms. The van der Waals surface area contributed by atoms with Crippen molar-refractivity contribution >= 4 is 0 Å². The molecule has 0 saturated heterocycles. The average Bonchev–Trinajstić information content (AvgIpc) is 2.94. The van der Waals surface area contributed by atoms with Gasteiger partial charge in [-0.1, -0.05) is 65.8 Å². The van der Waals surface area contributed by atoms with Gasteiger partial charge in [0, 0.05) is 5.56 Å².